The van der Waals surface area contributed by atoms with Gasteiger partial charge in [-0.2, -0.15) is 0 Å². The average Bonchev–Trinajstić information content (AvgIpc) is 2.97. The summed E-state index contributed by atoms with van der Waals surface area (Å²) in [6, 6.07) is 0. The predicted molar refractivity (Wildman–Crippen MR) is 92.4 cm³/mol. The molecule has 1 fully saturated rings. The molecule has 3 rings (SSSR count). The van der Waals surface area contributed by atoms with Crippen LogP contribution in [0, 0.1) is 11.8 Å². The molecule has 1 N–H and O–H groups in total. The van der Waals surface area contributed by atoms with E-state index >= 15 is 0 Å². The van der Waals surface area contributed by atoms with Crippen LogP contribution in [-0.2, 0) is 19.1 Å². The summed E-state index contributed by atoms with van der Waals surface area (Å²) in [5.41, 5.74) is 1.66. The van der Waals surface area contributed by atoms with Crippen molar-refractivity contribution in [3.63, 3.8) is 0 Å². The lowest BCUT2D eigenvalue weighted by atomic mass is 9.78. The van der Waals surface area contributed by atoms with Crippen LogP contribution in [0.25, 0.3) is 0 Å². The zero-order valence-corrected chi connectivity index (χ0v) is 15.0. The molecule has 1 aliphatic heterocycles. The molecular weight excluding hydrogens is 320 g/mol. The molecule has 0 aromatic heterocycles. The molecule has 0 bridgehead atoms. The number of hydrogen-bond acceptors (Lipinski definition) is 5. The molecule has 0 radical (unpaired) electrons. The Morgan fingerprint density at radius 2 is 2.20 bits per heavy atom. The van der Waals surface area contributed by atoms with Gasteiger partial charge in [-0.3, -0.25) is 0 Å². The molecule has 134 valence electrons. The van der Waals surface area contributed by atoms with Crippen LogP contribution >= 0.6 is 0 Å². The van der Waals surface area contributed by atoms with Crippen molar-refractivity contribution in [3.05, 3.63) is 47.1 Å². The van der Waals surface area contributed by atoms with E-state index in [1.165, 1.54) is 0 Å². The van der Waals surface area contributed by atoms with E-state index in [-0.39, 0.29) is 5.92 Å². The number of esters is 2. The molecule has 1 heterocycles. The normalized spacial score (nSPS) is 37.6. The van der Waals surface area contributed by atoms with Gasteiger partial charge in [0.25, 0.3) is 0 Å². The van der Waals surface area contributed by atoms with Gasteiger partial charge in [0, 0.05) is 17.6 Å². The molecule has 1 saturated heterocycles. The highest BCUT2D eigenvalue weighted by molar-refractivity contribution is 5.92. The summed E-state index contributed by atoms with van der Waals surface area (Å²) in [6.45, 7) is 11.0. The monoisotopic (exact) mass is 344 g/mol. The third-order valence-corrected chi connectivity index (χ3v) is 5.57. The van der Waals surface area contributed by atoms with Crippen LogP contribution in [-0.4, -0.2) is 34.9 Å². The van der Waals surface area contributed by atoms with E-state index in [1.807, 2.05) is 13.0 Å². The molecule has 5 atom stereocenters. The molecule has 25 heavy (non-hydrogen) atoms. The standard InChI is InChI=1S/C20H24O5/c1-6-10(2)18(21)24-14-9-11(3)13-7-8-20(5,23)16(13)17-15(14)12(4)19(22)25-17/h6-8,14-17,23H,4,9H2,1-3,5H3/b10-6-/t14-,15+,16-,17-,20+/m0/s1. The Labute approximate surface area is 147 Å². The zero-order chi connectivity index (χ0) is 18.5. The molecule has 0 saturated carbocycles. The highest BCUT2D eigenvalue weighted by atomic mass is 16.6. The smallest absolute Gasteiger partial charge is 0.334 e. The summed E-state index contributed by atoms with van der Waals surface area (Å²) in [5, 5.41) is 10.8. The van der Waals surface area contributed by atoms with E-state index in [0.717, 1.165) is 11.1 Å². The van der Waals surface area contributed by atoms with Gasteiger partial charge in [0.1, 0.15) is 12.2 Å². The highest BCUT2D eigenvalue weighted by Gasteiger charge is 2.56. The maximum Gasteiger partial charge on any atom is 0.334 e. The number of rotatable bonds is 2. The van der Waals surface area contributed by atoms with Gasteiger partial charge in [0.2, 0.25) is 0 Å². The third-order valence-electron chi connectivity index (χ3n) is 5.57. The van der Waals surface area contributed by atoms with E-state index in [9.17, 15) is 14.7 Å². The minimum Gasteiger partial charge on any atom is -0.458 e. The van der Waals surface area contributed by atoms with E-state index in [2.05, 4.69) is 6.58 Å². The van der Waals surface area contributed by atoms with Gasteiger partial charge in [-0.25, -0.2) is 9.59 Å². The Morgan fingerprint density at radius 1 is 1.52 bits per heavy atom. The molecule has 0 unspecified atom stereocenters. The van der Waals surface area contributed by atoms with Crippen molar-refractivity contribution in [2.45, 2.75) is 51.9 Å². The summed E-state index contributed by atoms with van der Waals surface area (Å²) in [4.78, 5) is 24.5. The van der Waals surface area contributed by atoms with Crippen molar-refractivity contribution < 1.29 is 24.2 Å². The summed E-state index contributed by atoms with van der Waals surface area (Å²) >= 11 is 0. The molecule has 0 aromatic carbocycles. The van der Waals surface area contributed by atoms with Crippen LogP contribution in [0.15, 0.2) is 47.1 Å². The van der Waals surface area contributed by atoms with Crippen LogP contribution in [0.4, 0.5) is 0 Å². The summed E-state index contributed by atoms with van der Waals surface area (Å²) in [7, 11) is 0. The first-order valence-electron chi connectivity index (χ1n) is 8.52. The van der Waals surface area contributed by atoms with Crippen molar-refractivity contribution in [1.29, 1.82) is 0 Å². The Bertz CT molecular complexity index is 737. The molecule has 3 aliphatic rings. The zero-order valence-electron chi connectivity index (χ0n) is 15.0. The maximum absolute atomic E-state index is 12.3. The lowest BCUT2D eigenvalue weighted by Gasteiger charge is -2.33. The summed E-state index contributed by atoms with van der Waals surface area (Å²) in [6.07, 6.45) is 4.64. The molecule has 5 nitrogen and oxygen atoms in total. The van der Waals surface area contributed by atoms with Gasteiger partial charge in [-0.15, -0.1) is 0 Å². The van der Waals surface area contributed by atoms with Gasteiger partial charge < -0.3 is 14.6 Å². The van der Waals surface area contributed by atoms with E-state index in [0.29, 0.717) is 17.6 Å². The summed E-state index contributed by atoms with van der Waals surface area (Å²) < 4.78 is 11.3. The highest BCUT2D eigenvalue weighted by Crippen LogP contribution is 2.50. The minimum absolute atomic E-state index is 0.303. The Balaban J connectivity index is 2.03. The van der Waals surface area contributed by atoms with Gasteiger partial charge in [0.05, 0.1) is 17.4 Å². The lowest BCUT2D eigenvalue weighted by molar-refractivity contribution is -0.150. The van der Waals surface area contributed by atoms with Gasteiger partial charge in [-0.1, -0.05) is 30.4 Å². The van der Waals surface area contributed by atoms with Crippen LogP contribution in [0.2, 0.25) is 0 Å². The van der Waals surface area contributed by atoms with E-state index in [1.54, 1.807) is 32.9 Å². The number of fused-ring (bicyclic) bond motifs is 3. The van der Waals surface area contributed by atoms with Crippen molar-refractivity contribution in [1.82, 2.24) is 0 Å². The summed E-state index contributed by atoms with van der Waals surface area (Å²) in [5.74, 6) is -1.75. The van der Waals surface area contributed by atoms with E-state index < -0.39 is 35.7 Å². The average molecular weight is 344 g/mol. The number of carbonyl (C=O) groups is 2. The first-order valence-corrected chi connectivity index (χ1v) is 8.52. The van der Waals surface area contributed by atoms with Gasteiger partial charge >= 0.3 is 11.9 Å². The Kier molecular flexibility index (Phi) is 4.23. The number of allylic oxidation sites excluding steroid dienone is 2. The van der Waals surface area contributed by atoms with Crippen molar-refractivity contribution in [3.8, 4) is 0 Å². The molecule has 0 spiro atoms. The molecule has 2 aliphatic carbocycles. The second kappa shape index (κ2) is 5.99. The fourth-order valence-electron chi connectivity index (χ4n) is 4.03. The maximum atomic E-state index is 12.3. The largest absolute Gasteiger partial charge is 0.458 e. The lowest BCUT2D eigenvalue weighted by Crippen LogP contribution is -2.43. The predicted octanol–water partition coefficient (Wildman–Crippen LogP) is 2.62. The van der Waals surface area contributed by atoms with Crippen molar-refractivity contribution in [2.75, 3.05) is 0 Å². The first-order chi connectivity index (χ1) is 11.7. The van der Waals surface area contributed by atoms with Crippen molar-refractivity contribution >= 4 is 11.9 Å². The van der Waals surface area contributed by atoms with E-state index in [4.69, 9.17) is 9.47 Å². The third kappa shape index (κ3) is 2.76. The fourth-order valence-corrected chi connectivity index (χ4v) is 4.03. The van der Waals surface area contributed by atoms with Gasteiger partial charge in [0.15, 0.2) is 0 Å². The fraction of sp³-hybridized carbons (Fsp3) is 0.500. The molecular formula is C20H24O5. The Hall–Kier alpha value is -2.14. The topological polar surface area (TPSA) is 72.8 Å². The Morgan fingerprint density at radius 3 is 2.84 bits per heavy atom. The molecule has 5 heteroatoms. The van der Waals surface area contributed by atoms with Crippen LogP contribution in [0.1, 0.15) is 34.1 Å². The second-order valence-electron chi connectivity index (χ2n) is 7.31. The number of hydrogen-bond donors (Lipinski definition) is 1. The van der Waals surface area contributed by atoms with Crippen molar-refractivity contribution in [2.24, 2.45) is 11.8 Å². The molecule has 0 aromatic rings. The second-order valence-corrected chi connectivity index (χ2v) is 7.31. The van der Waals surface area contributed by atoms with Gasteiger partial charge in [-0.05, 0) is 33.3 Å². The quantitative estimate of drug-likeness (QED) is 0.616. The SMILES string of the molecule is C=C1C(=O)O[C@H]2[C@H]1[C@@H](OC(=O)/C(C)=C\C)CC(C)=C1C=C[C@@](C)(O)[C@@H]12. The number of carbonyl (C=O) groups excluding carboxylic acids is 2. The first kappa shape index (κ1) is 17.7. The number of ether oxygens (including phenoxy) is 2. The molecule has 0 amide bonds. The van der Waals surface area contributed by atoms with Crippen LogP contribution < -0.4 is 0 Å². The number of aliphatic hydroxyl groups is 1. The minimum atomic E-state index is -1.12. The van der Waals surface area contributed by atoms with Crippen LogP contribution in [0.5, 0.6) is 0 Å². The van der Waals surface area contributed by atoms with Crippen LogP contribution in [0.3, 0.4) is 0 Å².